The Morgan fingerprint density at radius 2 is 2.17 bits per heavy atom. The van der Waals surface area contributed by atoms with Gasteiger partial charge in [0.1, 0.15) is 0 Å². The maximum atomic E-state index is 12.4. The molecule has 0 aromatic carbocycles. The number of hydrogen-bond donors (Lipinski definition) is 2. The molecule has 2 atom stereocenters. The molecular formula is C13H25N3O2. The Labute approximate surface area is 109 Å². The van der Waals surface area contributed by atoms with Crippen LogP contribution < -0.4 is 11.1 Å². The predicted molar refractivity (Wildman–Crippen MR) is 70.9 cm³/mol. The standard InChI is InChI=1S/C13H25N3O2/c1-3-4-7-16(9-12(14)17)13(18)11-5-6-15-10(2)8-11/h10-11,15H,3-9H2,1-2H3,(H2,14,17)/t10-,11-/m0/s1. The van der Waals surface area contributed by atoms with Gasteiger partial charge in [0.05, 0.1) is 6.54 Å². The number of nitrogens with zero attached hydrogens (tertiary/aromatic N) is 1. The molecule has 0 aliphatic carbocycles. The van der Waals surface area contributed by atoms with Crippen molar-refractivity contribution in [1.82, 2.24) is 10.2 Å². The average Bonchev–Trinajstić information content (AvgIpc) is 2.33. The van der Waals surface area contributed by atoms with Crippen molar-refractivity contribution in [1.29, 1.82) is 0 Å². The fourth-order valence-electron chi connectivity index (χ4n) is 2.42. The smallest absolute Gasteiger partial charge is 0.237 e. The summed E-state index contributed by atoms with van der Waals surface area (Å²) in [5.41, 5.74) is 5.21. The van der Waals surface area contributed by atoms with Gasteiger partial charge in [-0.3, -0.25) is 9.59 Å². The Bertz CT molecular complexity index is 294. The first-order chi connectivity index (χ1) is 8.54. The van der Waals surface area contributed by atoms with Crippen molar-refractivity contribution in [3.63, 3.8) is 0 Å². The van der Waals surface area contributed by atoms with Crippen LogP contribution in [0.1, 0.15) is 39.5 Å². The first kappa shape index (κ1) is 15.0. The van der Waals surface area contributed by atoms with Gasteiger partial charge >= 0.3 is 0 Å². The van der Waals surface area contributed by atoms with Crippen molar-refractivity contribution in [2.75, 3.05) is 19.6 Å². The van der Waals surface area contributed by atoms with Crippen LogP contribution in [-0.4, -0.2) is 42.4 Å². The molecule has 5 heteroatoms. The van der Waals surface area contributed by atoms with Gasteiger partial charge in [-0.25, -0.2) is 0 Å². The monoisotopic (exact) mass is 255 g/mol. The SMILES string of the molecule is CCCCN(CC(N)=O)C(=O)[C@H]1CCN[C@@H](C)C1. The van der Waals surface area contributed by atoms with Crippen LogP contribution in [0.5, 0.6) is 0 Å². The summed E-state index contributed by atoms with van der Waals surface area (Å²) in [4.78, 5) is 25.0. The van der Waals surface area contributed by atoms with Crippen LogP contribution in [-0.2, 0) is 9.59 Å². The van der Waals surface area contributed by atoms with E-state index >= 15 is 0 Å². The molecule has 0 bridgehead atoms. The summed E-state index contributed by atoms with van der Waals surface area (Å²) in [6, 6.07) is 0.370. The van der Waals surface area contributed by atoms with Crippen LogP contribution in [0.3, 0.4) is 0 Å². The summed E-state index contributed by atoms with van der Waals surface area (Å²) >= 11 is 0. The molecule has 1 aliphatic rings. The summed E-state index contributed by atoms with van der Waals surface area (Å²) in [6.07, 6.45) is 3.62. The molecule has 2 amide bonds. The lowest BCUT2D eigenvalue weighted by Gasteiger charge is -2.31. The molecule has 1 aliphatic heterocycles. The zero-order valence-corrected chi connectivity index (χ0v) is 11.4. The maximum absolute atomic E-state index is 12.4. The Morgan fingerprint density at radius 3 is 2.72 bits per heavy atom. The van der Waals surface area contributed by atoms with E-state index in [9.17, 15) is 9.59 Å². The van der Waals surface area contributed by atoms with E-state index in [4.69, 9.17) is 5.73 Å². The molecule has 1 saturated heterocycles. The highest BCUT2D eigenvalue weighted by atomic mass is 16.2. The third-order valence-corrected chi connectivity index (χ3v) is 3.41. The van der Waals surface area contributed by atoms with Crippen LogP contribution >= 0.6 is 0 Å². The van der Waals surface area contributed by atoms with Gasteiger partial charge in [-0.1, -0.05) is 13.3 Å². The largest absolute Gasteiger partial charge is 0.368 e. The van der Waals surface area contributed by atoms with Gasteiger partial charge in [0.2, 0.25) is 11.8 Å². The summed E-state index contributed by atoms with van der Waals surface area (Å²) in [6.45, 7) is 5.72. The zero-order valence-electron chi connectivity index (χ0n) is 11.4. The van der Waals surface area contributed by atoms with Crippen molar-refractivity contribution in [3.05, 3.63) is 0 Å². The first-order valence-electron chi connectivity index (χ1n) is 6.85. The van der Waals surface area contributed by atoms with Crippen molar-refractivity contribution in [3.8, 4) is 0 Å². The Kier molecular flexibility index (Phi) is 6.12. The number of rotatable bonds is 6. The summed E-state index contributed by atoms with van der Waals surface area (Å²) in [5.74, 6) is -0.297. The number of primary amides is 1. The van der Waals surface area contributed by atoms with E-state index in [-0.39, 0.29) is 18.4 Å². The van der Waals surface area contributed by atoms with Crippen molar-refractivity contribution in [2.24, 2.45) is 11.7 Å². The highest BCUT2D eigenvalue weighted by molar-refractivity contribution is 5.85. The normalized spacial score (nSPS) is 23.7. The molecule has 1 heterocycles. The third-order valence-electron chi connectivity index (χ3n) is 3.41. The topological polar surface area (TPSA) is 75.4 Å². The van der Waals surface area contributed by atoms with Crippen LogP contribution in [0.4, 0.5) is 0 Å². The van der Waals surface area contributed by atoms with Gasteiger partial charge in [0.25, 0.3) is 0 Å². The number of carbonyl (C=O) groups is 2. The molecule has 5 nitrogen and oxygen atoms in total. The molecular weight excluding hydrogens is 230 g/mol. The van der Waals surface area contributed by atoms with Gasteiger partial charge in [-0.2, -0.15) is 0 Å². The predicted octanol–water partition coefficient (Wildman–Crippen LogP) is 0.489. The lowest BCUT2D eigenvalue weighted by molar-refractivity contribution is -0.139. The molecule has 3 N–H and O–H groups in total. The molecule has 18 heavy (non-hydrogen) atoms. The van der Waals surface area contributed by atoms with Gasteiger partial charge in [0, 0.05) is 18.5 Å². The van der Waals surface area contributed by atoms with E-state index in [0.717, 1.165) is 32.2 Å². The van der Waals surface area contributed by atoms with Crippen LogP contribution in [0.2, 0.25) is 0 Å². The Morgan fingerprint density at radius 1 is 1.44 bits per heavy atom. The van der Waals surface area contributed by atoms with Gasteiger partial charge < -0.3 is 16.0 Å². The molecule has 0 radical (unpaired) electrons. The quantitative estimate of drug-likeness (QED) is 0.725. The second kappa shape index (κ2) is 7.36. The number of unbranched alkanes of at least 4 members (excludes halogenated alkanes) is 1. The molecule has 0 aromatic heterocycles. The Hall–Kier alpha value is -1.10. The van der Waals surface area contributed by atoms with E-state index in [2.05, 4.69) is 19.2 Å². The van der Waals surface area contributed by atoms with Crippen molar-refractivity contribution >= 4 is 11.8 Å². The number of carbonyl (C=O) groups excluding carboxylic acids is 2. The third kappa shape index (κ3) is 4.64. The lowest BCUT2D eigenvalue weighted by atomic mass is 9.92. The number of nitrogens with one attached hydrogen (secondary N) is 1. The molecule has 0 unspecified atom stereocenters. The highest BCUT2D eigenvalue weighted by Gasteiger charge is 2.28. The molecule has 0 aromatic rings. The summed E-state index contributed by atoms with van der Waals surface area (Å²) in [7, 11) is 0. The zero-order chi connectivity index (χ0) is 13.5. The van der Waals surface area contributed by atoms with E-state index in [1.165, 1.54) is 0 Å². The van der Waals surface area contributed by atoms with Gasteiger partial charge in [-0.05, 0) is 32.7 Å². The van der Waals surface area contributed by atoms with Crippen LogP contribution in [0, 0.1) is 5.92 Å². The first-order valence-corrected chi connectivity index (χ1v) is 6.85. The second-order valence-electron chi connectivity index (χ2n) is 5.16. The molecule has 1 rings (SSSR count). The van der Waals surface area contributed by atoms with Gasteiger partial charge in [0.15, 0.2) is 0 Å². The fourth-order valence-corrected chi connectivity index (χ4v) is 2.42. The van der Waals surface area contributed by atoms with E-state index < -0.39 is 5.91 Å². The number of piperidine rings is 1. The molecule has 104 valence electrons. The fraction of sp³-hybridized carbons (Fsp3) is 0.846. The van der Waals surface area contributed by atoms with E-state index in [1.807, 2.05) is 0 Å². The molecule has 0 spiro atoms. The minimum absolute atomic E-state index is 0.0393. The van der Waals surface area contributed by atoms with E-state index in [1.54, 1.807) is 4.90 Å². The second-order valence-corrected chi connectivity index (χ2v) is 5.16. The van der Waals surface area contributed by atoms with Gasteiger partial charge in [-0.15, -0.1) is 0 Å². The Balaban J connectivity index is 2.58. The number of nitrogens with two attached hydrogens (primary N) is 1. The highest BCUT2D eigenvalue weighted by Crippen LogP contribution is 2.19. The van der Waals surface area contributed by atoms with E-state index in [0.29, 0.717) is 12.6 Å². The van der Waals surface area contributed by atoms with Crippen LogP contribution in [0.25, 0.3) is 0 Å². The average molecular weight is 255 g/mol. The molecule has 1 fully saturated rings. The number of amides is 2. The molecule has 0 saturated carbocycles. The number of hydrogen-bond acceptors (Lipinski definition) is 3. The van der Waals surface area contributed by atoms with Crippen molar-refractivity contribution < 1.29 is 9.59 Å². The summed E-state index contributed by atoms with van der Waals surface area (Å²) < 4.78 is 0. The van der Waals surface area contributed by atoms with Crippen molar-refractivity contribution in [2.45, 2.75) is 45.6 Å². The minimum Gasteiger partial charge on any atom is -0.368 e. The maximum Gasteiger partial charge on any atom is 0.237 e. The minimum atomic E-state index is -0.429. The lowest BCUT2D eigenvalue weighted by Crippen LogP contribution is -2.46. The summed E-state index contributed by atoms with van der Waals surface area (Å²) in [5, 5.41) is 3.33. The van der Waals surface area contributed by atoms with Crippen LogP contribution in [0.15, 0.2) is 0 Å².